The van der Waals surface area contributed by atoms with E-state index in [1.165, 1.54) is 29.8 Å². The lowest BCUT2D eigenvalue weighted by Gasteiger charge is -2.20. The lowest BCUT2D eigenvalue weighted by atomic mass is 9.87. The molecule has 5 heteroatoms. The number of nitrogens with zero attached hydrogens (tertiary/aromatic N) is 4. The van der Waals surface area contributed by atoms with E-state index >= 15 is 0 Å². The minimum Gasteiger partial charge on any atom is -0.304 e. The second-order valence-corrected chi connectivity index (χ2v) is 8.63. The van der Waals surface area contributed by atoms with Gasteiger partial charge in [0, 0.05) is 19.0 Å². The van der Waals surface area contributed by atoms with Gasteiger partial charge in [-0.05, 0) is 55.6 Å². The van der Waals surface area contributed by atoms with Crippen LogP contribution in [0.15, 0.2) is 24.3 Å². The highest BCUT2D eigenvalue weighted by molar-refractivity contribution is 7.71. The standard InChI is InChI=1S/C20H30N4S/c1-6-23-18(16-9-10-16)21-24(19(23)25)14-22(5)13-15-7-11-17(12-8-15)20(2,3)4/h7-8,11-12,16H,6,9-10,13-14H2,1-5H3. The summed E-state index contributed by atoms with van der Waals surface area (Å²) in [5, 5.41) is 4.80. The molecule has 25 heavy (non-hydrogen) atoms. The molecular formula is C20H30N4S. The third-order valence-electron chi connectivity index (χ3n) is 4.86. The number of rotatable bonds is 6. The average Bonchev–Trinajstić information content (AvgIpc) is 3.33. The Morgan fingerprint density at radius 2 is 1.84 bits per heavy atom. The highest BCUT2D eigenvalue weighted by Crippen LogP contribution is 2.39. The second-order valence-electron chi connectivity index (χ2n) is 8.26. The summed E-state index contributed by atoms with van der Waals surface area (Å²) in [6, 6.07) is 8.95. The van der Waals surface area contributed by atoms with Gasteiger partial charge in [0.25, 0.3) is 0 Å². The van der Waals surface area contributed by atoms with E-state index < -0.39 is 0 Å². The van der Waals surface area contributed by atoms with Crippen molar-refractivity contribution in [3.63, 3.8) is 0 Å². The van der Waals surface area contributed by atoms with E-state index in [0.717, 1.165) is 24.5 Å². The van der Waals surface area contributed by atoms with Gasteiger partial charge in [0.05, 0.1) is 6.67 Å². The molecule has 1 aromatic carbocycles. The van der Waals surface area contributed by atoms with Crippen LogP contribution in [0.2, 0.25) is 0 Å². The maximum Gasteiger partial charge on any atom is 0.199 e. The zero-order valence-corrected chi connectivity index (χ0v) is 16.9. The smallest absolute Gasteiger partial charge is 0.199 e. The molecular weight excluding hydrogens is 328 g/mol. The fourth-order valence-electron chi connectivity index (χ4n) is 3.19. The van der Waals surface area contributed by atoms with Crippen molar-refractivity contribution >= 4 is 12.2 Å². The molecule has 1 saturated carbocycles. The summed E-state index contributed by atoms with van der Waals surface area (Å²) in [5.41, 5.74) is 2.89. The summed E-state index contributed by atoms with van der Waals surface area (Å²) in [6.45, 7) is 11.4. The Kier molecular flexibility index (Phi) is 5.16. The van der Waals surface area contributed by atoms with E-state index in [-0.39, 0.29) is 5.41 Å². The summed E-state index contributed by atoms with van der Waals surface area (Å²) in [7, 11) is 2.13. The van der Waals surface area contributed by atoms with Gasteiger partial charge in [0.15, 0.2) is 4.77 Å². The first kappa shape index (κ1) is 18.3. The third-order valence-corrected chi connectivity index (χ3v) is 5.29. The zero-order chi connectivity index (χ0) is 18.2. The SMILES string of the molecule is CCn1c(C2CC2)nn(CN(C)Cc2ccc(C(C)(C)C)cc2)c1=S. The Morgan fingerprint density at radius 1 is 1.20 bits per heavy atom. The molecule has 0 radical (unpaired) electrons. The van der Waals surface area contributed by atoms with E-state index in [1.807, 2.05) is 4.68 Å². The normalized spacial score (nSPS) is 15.1. The number of hydrogen-bond acceptors (Lipinski definition) is 3. The predicted molar refractivity (Wildman–Crippen MR) is 105 cm³/mol. The lowest BCUT2D eigenvalue weighted by Crippen LogP contribution is -2.22. The maximum absolute atomic E-state index is 5.64. The van der Waals surface area contributed by atoms with Crippen molar-refractivity contribution in [3.8, 4) is 0 Å². The van der Waals surface area contributed by atoms with E-state index in [0.29, 0.717) is 5.92 Å². The van der Waals surface area contributed by atoms with E-state index in [4.69, 9.17) is 17.3 Å². The van der Waals surface area contributed by atoms with Gasteiger partial charge in [0.1, 0.15) is 5.82 Å². The first-order valence-corrected chi connectivity index (χ1v) is 9.66. The topological polar surface area (TPSA) is 26.0 Å². The van der Waals surface area contributed by atoms with Crippen LogP contribution in [0.3, 0.4) is 0 Å². The van der Waals surface area contributed by atoms with Gasteiger partial charge < -0.3 is 4.57 Å². The molecule has 0 unspecified atom stereocenters. The van der Waals surface area contributed by atoms with Crippen LogP contribution in [-0.2, 0) is 25.2 Å². The van der Waals surface area contributed by atoms with Crippen LogP contribution in [0.25, 0.3) is 0 Å². The summed E-state index contributed by atoms with van der Waals surface area (Å²) in [4.78, 5) is 2.27. The molecule has 0 saturated heterocycles. The van der Waals surface area contributed by atoms with Gasteiger partial charge in [-0.15, -0.1) is 0 Å². The van der Waals surface area contributed by atoms with Gasteiger partial charge in [-0.1, -0.05) is 45.0 Å². The van der Waals surface area contributed by atoms with Gasteiger partial charge in [0.2, 0.25) is 0 Å². The number of aromatic nitrogens is 3. The van der Waals surface area contributed by atoms with Gasteiger partial charge >= 0.3 is 0 Å². The second kappa shape index (κ2) is 7.04. The lowest BCUT2D eigenvalue weighted by molar-refractivity contribution is 0.243. The Hall–Kier alpha value is -1.46. The van der Waals surface area contributed by atoms with Gasteiger partial charge in [-0.2, -0.15) is 5.10 Å². The third kappa shape index (κ3) is 4.21. The Labute approximate surface area is 156 Å². The first-order chi connectivity index (χ1) is 11.8. The number of benzene rings is 1. The first-order valence-electron chi connectivity index (χ1n) is 9.25. The van der Waals surface area contributed by atoms with E-state index in [1.54, 1.807) is 0 Å². The van der Waals surface area contributed by atoms with Crippen LogP contribution in [-0.4, -0.2) is 26.3 Å². The molecule has 2 aromatic rings. The Morgan fingerprint density at radius 3 is 2.36 bits per heavy atom. The van der Waals surface area contributed by atoms with Gasteiger partial charge in [-0.3, -0.25) is 4.90 Å². The highest BCUT2D eigenvalue weighted by atomic mass is 32.1. The minimum atomic E-state index is 0.198. The van der Waals surface area contributed by atoms with Crippen LogP contribution >= 0.6 is 12.2 Å². The molecule has 0 N–H and O–H groups in total. The predicted octanol–water partition coefficient (Wildman–Crippen LogP) is 4.70. The average molecular weight is 359 g/mol. The van der Waals surface area contributed by atoms with Crippen molar-refractivity contribution in [1.29, 1.82) is 0 Å². The molecule has 0 atom stereocenters. The van der Waals surface area contributed by atoms with Crippen molar-refractivity contribution in [2.75, 3.05) is 7.05 Å². The fourth-order valence-corrected chi connectivity index (χ4v) is 3.51. The summed E-state index contributed by atoms with van der Waals surface area (Å²) < 4.78 is 5.02. The quantitative estimate of drug-likeness (QED) is 0.700. The summed E-state index contributed by atoms with van der Waals surface area (Å²) >= 11 is 5.64. The Bertz CT molecular complexity index is 776. The largest absolute Gasteiger partial charge is 0.304 e. The zero-order valence-electron chi connectivity index (χ0n) is 16.1. The molecule has 1 heterocycles. The van der Waals surface area contributed by atoms with Gasteiger partial charge in [-0.25, -0.2) is 4.68 Å². The van der Waals surface area contributed by atoms with E-state index in [2.05, 4.69) is 68.5 Å². The molecule has 136 valence electrons. The van der Waals surface area contributed by atoms with Crippen molar-refractivity contribution in [2.45, 2.75) is 71.6 Å². The van der Waals surface area contributed by atoms with Crippen LogP contribution in [0.1, 0.15) is 63.4 Å². The van der Waals surface area contributed by atoms with Crippen molar-refractivity contribution in [1.82, 2.24) is 19.2 Å². The molecule has 1 fully saturated rings. The molecule has 1 aliphatic carbocycles. The monoisotopic (exact) mass is 358 g/mol. The molecule has 1 aromatic heterocycles. The summed E-state index contributed by atoms with van der Waals surface area (Å²) in [6.07, 6.45) is 2.50. The van der Waals surface area contributed by atoms with Crippen LogP contribution in [0.4, 0.5) is 0 Å². The maximum atomic E-state index is 5.64. The fraction of sp³-hybridized carbons (Fsp3) is 0.600. The Balaban J connectivity index is 1.68. The molecule has 3 rings (SSSR count). The molecule has 0 bridgehead atoms. The highest BCUT2D eigenvalue weighted by Gasteiger charge is 2.29. The molecule has 0 aliphatic heterocycles. The molecule has 4 nitrogen and oxygen atoms in total. The molecule has 0 amide bonds. The van der Waals surface area contributed by atoms with Crippen molar-refractivity contribution in [2.24, 2.45) is 0 Å². The van der Waals surface area contributed by atoms with Crippen LogP contribution in [0, 0.1) is 4.77 Å². The van der Waals surface area contributed by atoms with Crippen molar-refractivity contribution < 1.29 is 0 Å². The summed E-state index contributed by atoms with van der Waals surface area (Å²) in [5.74, 6) is 1.80. The van der Waals surface area contributed by atoms with E-state index in [9.17, 15) is 0 Å². The number of hydrogen-bond donors (Lipinski definition) is 0. The minimum absolute atomic E-state index is 0.198. The van der Waals surface area contributed by atoms with Crippen LogP contribution < -0.4 is 0 Å². The van der Waals surface area contributed by atoms with Crippen molar-refractivity contribution in [3.05, 3.63) is 46.0 Å². The molecule has 1 aliphatic rings. The van der Waals surface area contributed by atoms with Crippen LogP contribution in [0.5, 0.6) is 0 Å². The molecule has 0 spiro atoms.